The highest BCUT2D eigenvalue weighted by molar-refractivity contribution is 5.64. The van der Waals surface area contributed by atoms with Crippen LogP contribution in [0.25, 0.3) is 11.1 Å². The average molecular weight is 432 g/mol. The standard InChI is InChI=1S/C24H33FN2O4/c1-26(2)12-14-30-23(28,16-26)21-8-4-19(5-9-21)20-6-10-22(11-7-20)24(29)17-27(3,18-25)13-15-31-24/h4-11,28-29H,12-18H2,1-3H3/q+2/i25-1. The van der Waals surface area contributed by atoms with E-state index in [-0.39, 0.29) is 11.0 Å². The minimum atomic E-state index is -1.49. The number of ether oxygens (including phenoxy) is 2. The maximum atomic E-state index is 13.4. The normalized spacial score (nSPS) is 33.2. The third-order valence-electron chi connectivity index (χ3n) is 6.54. The van der Waals surface area contributed by atoms with Gasteiger partial charge in [0.15, 0.2) is 0 Å². The summed E-state index contributed by atoms with van der Waals surface area (Å²) >= 11 is 0. The molecule has 2 aliphatic heterocycles. The molecule has 2 aromatic carbocycles. The second kappa shape index (κ2) is 7.92. The number of benzene rings is 2. The molecule has 0 aromatic heterocycles. The zero-order valence-electron chi connectivity index (χ0n) is 18.6. The van der Waals surface area contributed by atoms with E-state index in [1.807, 2.05) is 48.5 Å². The third kappa shape index (κ3) is 4.53. The highest BCUT2D eigenvalue weighted by atomic mass is 18.2. The van der Waals surface area contributed by atoms with Crippen molar-refractivity contribution in [3.05, 3.63) is 59.7 Å². The molecule has 2 aromatic rings. The molecule has 0 radical (unpaired) electrons. The van der Waals surface area contributed by atoms with E-state index < -0.39 is 18.4 Å². The minimum absolute atomic E-state index is 0.125. The number of halogens is 1. The molecule has 4 rings (SSSR count). The lowest BCUT2D eigenvalue weighted by atomic mass is 9.96. The lowest BCUT2D eigenvalue weighted by molar-refractivity contribution is -0.941. The Balaban J connectivity index is 1.52. The fraction of sp³-hybridized carbons (Fsp3) is 0.500. The largest absolute Gasteiger partial charge is 0.357 e. The van der Waals surface area contributed by atoms with Crippen molar-refractivity contribution in [1.29, 1.82) is 0 Å². The van der Waals surface area contributed by atoms with Crippen molar-refractivity contribution in [3.63, 3.8) is 0 Å². The van der Waals surface area contributed by atoms with Gasteiger partial charge in [-0.3, -0.25) is 4.48 Å². The van der Waals surface area contributed by atoms with Crippen molar-refractivity contribution in [2.75, 3.05) is 67.3 Å². The number of quaternary nitrogens is 2. The monoisotopic (exact) mass is 431 g/mol. The van der Waals surface area contributed by atoms with Gasteiger partial charge < -0.3 is 24.2 Å². The van der Waals surface area contributed by atoms with Crippen molar-refractivity contribution < 1.29 is 33.0 Å². The van der Waals surface area contributed by atoms with Crippen molar-refractivity contribution in [2.45, 2.75) is 11.6 Å². The van der Waals surface area contributed by atoms with E-state index in [0.29, 0.717) is 36.3 Å². The topological polar surface area (TPSA) is 58.9 Å². The minimum Gasteiger partial charge on any atom is -0.357 e. The summed E-state index contributed by atoms with van der Waals surface area (Å²) in [4.78, 5) is 0. The first-order valence-corrected chi connectivity index (χ1v) is 10.7. The maximum Gasteiger partial charge on any atom is 0.244 e. The van der Waals surface area contributed by atoms with Gasteiger partial charge >= 0.3 is 0 Å². The van der Waals surface area contributed by atoms with Crippen LogP contribution in [-0.4, -0.2) is 86.5 Å². The number of aliphatic hydroxyl groups is 2. The molecule has 2 saturated heterocycles. The Morgan fingerprint density at radius 3 is 1.68 bits per heavy atom. The quantitative estimate of drug-likeness (QED) is 0.575. The summed E-state index contributed by atoms with van der Waals surface area (Å²) < 4.78 is 25.6. The Labute approximate surface area is 183 Å². The number of rotatable bonds is 4. The highest BCUT2D eigenvalue weighted by Gasteiger charge is 2.44. The van der Waals surface area contributed by atoms with E-state index in [4.69, 9.17) is 9.47 Å². The fourth-order valence-corrected chi connectivity index (χ4v) is 4.54. The second-order valence-electron chi connectivity index (χ2n) is 9.86. The molecule has 3 atom stereocenters. The van der Waals surface area contributed by atoms with Gasteiger partial charge in [0.05, 0.1) is 34.4 Å². The van der Waals surface area contributed by atoms with Crippen molar-refractivity contribution in [2.24, 2.45) is 0 Å². The van der Waals surface area contributed by atoms with E-state index in [9.17, 15) is 14.6 Å². The first kappa shape index (κ1) is 22.3. The summed E-state index contributed by atoms with van der Waals surface area (Å²) in [6.45, 7) is 2.35. The molecule has 3 unspecified atom stereocenters. The molecular weight excluding hydrogens is 398 g/mol. The SMILES string of the molecule is C[N+]1(C)CCOC(O)(c2ccc(-c3ccc(C4(O)C[N+](C)(C[18F])CCO4)cc3)cc2)C1. The molecule has 0 spiro atoms. The first-order valence-electron chi connectivity index (χ1n) is 10.7. The van der Waals surface area contributed by atoms with Crippen molar-refractivity contribution in [1.82, 2.24) is 0 Å². The van der Waals surface area contributed by atoms with Crippen LogP contribution in [0, 0.1) is 0 Å². The zero-order chi connectivity index (χ0) is 22.3. The van der Waals surface area contributed by atoms with Crippen LogP contribution in [0.4, 0.5) is 4.39 Å². The summed E-state index contributed by atoms with van der Waals surface area (Å²) in [7, 11) is 5.96. The second-order valence-corrected chi connectivity index (χ2v) is 9.86. The average Bonchev–Trinajstić information content (AvgIpc) is 2.73. The molecule has 0 saturated carbocycles. The summed E-state index contributed by atoms with van der Waals surface area (Å²) in [6.07, 6.45) is 0. The van der Waals surface area contributed by atoms with Crippen LogP contribution in [0.1, 0.15) is 11.1 Å². The van der Waals surface area contributed by atoms with Gasteiger partial charge in [0.2, 0.25) is 18.4 Å². The summed E-state index contributed by atoms with van der Waals surface area (Å²) in [5.41, 5.74) is 3.33. The molecule has 2 aliphatic rings. The molecular formula is C24H33FN2O4+2. The molecule has 31 heavy (non-hydrogen) atoms. The van der Waals surface area contributed by atoms with Crippen LogP contribution in [-0.2, 0) is 21.0 Å². The van der Waals surface area contributed by atoms with Gasteiger partial charge in [-0.25, -0.2) is 0 Å². The van der Waals surface area contributed by atoms with E-state index in [1.165, 1.54) is 0 Å². The summed E-state index contributed by atoms with van der Waals surface area (Å²) in [6, 6.07) is 15.2. The van der Waals surface area contributed by atoms with Gasteiger partial charge in [-0.05, 0) is 11.1 Å². The van der Waals surface area contributed by atoms with Crippen LogP contribution >= 0.6 is 0 Å². The maximum absolute atomic E-state index is 13.4. The van der Waals surface area contributed by atoms with Gasteiger partial charge in [0.25, 0.3) is 0 Å². The van der Waals surface area contributed by atoms with E-state index in [0.717, 1.165) is 23.2 Å². The van der Waals surface area contributed by atoms with Crippen molar-refractivity contribution >= 4 is 0 Å². The lowest BCUT2D eigenvalue weighted by Gasteiger charge is -2.43. The van der Waals surface area contributed by atoms with E-state index in [2.05, 4.69) is 14.1 Å². The Bertz CT molecular complexity index is 920. The smallest absolute Gasteiger partial charge is 0.244 e. The van der Waals surface area contributed by atoms with Gasteiger partial charge in [-0.2, -0.15) is 4.39 Å². The number of nitrogens with zero attached hydrogens (tertiary/aromatic N) is 2. The lowest BCUT2D eigenvalue weighted by Crippen LogP contribution is -2.59. The molecule has 2 N–H and O–H groups in total. The van der Waals surface area contributed by atoms with Crippen LogP contribution < -0.4 is 0 Å². The van der Waals surface area contributed by atoms with E-state index >= 15 is 0 Å². The summed E-state index contributed by atoms with van der Waals surface area (Å²) in [5, 5.41) is 22.0. The molecule has 2 heterocycles. The van der Waals surface area contributed by atoms with Gasteiger partial charge in [-0.15, -0.1) is 0 Å². The first-order chi connectivity index (χ1) is 14.6. The Hall–Kier alpha value is -1.87. The predicted molar refractivity (Wildman–Crippen MR) is 115 cm³/mol. The molecule has 7 heteroatoms. The van der Waals surface area contributed by atoms with Crippen LogP contribution in [0.2, 0.25) is 0 Å². The third-order valence-corrected chi connectivity index (χ3v) is 6.54. The number of hydrogen-bond acceptors (Lipinski definition) is 4. The number of likely N-dealkylation sites (N-methyl/N-ethyl adjacent to an activating group) is 2. The molecule has 6 nitrogen and oxygen atoms in total. The van der Waals surface area contributed by atoms with Crippen LogP contribution in [0.3, 0.4) is 0 Å². The Morgan fingerprint density at radius 2 is 1.23 bits per heavy atom. The van der Waals surface area contributed by atoms with E-state index in [1.54, 1.807) is 7.05 Å². The van der Waals surface area contributed by atoms with Crippen LogP contribution in [0.15, 0.2) is 48.5 Å². The molecule has 168 valence electrons. The Morgan fingerprint density at radius 1 is 0.774 bits per heavy atom. The fourth-order valence-electron chi connectivity index (χ4n) is 4.54. The summed E-state index contributed by atoms with van der Waals surface area (Å²) in [5.74, 6) is -2.78. The van der Waals surface area contributed by atoms with Gasteiger partial charge in [0.1, 0.15) is 26.2 Å². The van der Waals surface area contributed by atoms with Crippen LogP contribution in [0.5, 0.6) is 0 Å². The molecule has 2 fully saturated rings. The number of hydrogen-bond donors (Lipinski definition) is 2. The molecule has 0 aliphatic carbocycles. The van der Waals surface area contributed by atoms with Gasteiger partial charge in [-0.1, -0.05) is 48.5 Å². The highest BCUT2D eigenvalue weighted by Crippen LogP contribution is 2.33. The zero-order valence-corrected chi connectivity index (χ0v) is 18.6. The number of alkyl halides is 1. The van der Waals surface area contributed by atoms with Crippen molar-refractivity contribution in [3.8, 4) is 11.1 Å². The molecule has 0 bridgehead atoms. The molecule has 0 amide bonds. The Kier molecular flexibility index (Phi) is 5.70. The predicted octanol–water partition coefficient (Wildman–Crippen LogP) is 2.15. The number of morpholine rings is 2. The van der Waals surface area contributed by atoms with Gasteiger partial charge in [0, 0.05) is 11.1 Å².